The SMILES string of the molecule is O=C(CCc1cccc(O)c1)c1cc(Cl)c(C(=O)CC(NC(=O)c2cc3ccccc3n2C(=O)c2cccs2)C(=O)O)c(Cl)c1.O=Cn1c(C(=O)NC(CC(=O)c2c(Cl)cc(C(=O)CCc3cccc(O)c3)cc2Cl)C(=O)O)cc2ccccc21. The zero-order valence-electron chi connectivity index (χ0n) is 44.1. The number of para-hydroxylation sites is 2. The fourth-order valence-electron chi connectivity index (χ4n) is 9.18. The van der Waals surface area contributed by atoms with Gasteiger partial charge in [-0.2, -0.15) is 0 Å². The minimum absolute atomic E-state index is 0.0824. The van der Waals surface area contributed by atoms with E-state index >= 15 is 0 Å². The molecule has 3 heterocycles. The number of aromatic nitrogens is 2. The molecule has 2 atom stereocenters. The minimum Gasteiger partial charge on any atom is -0.508 e. The second-order valence-electron chi connectivity index (χ2n) is 19.1. The summed E-state index contributed by atoms with van der Waals surface area (Å²) in [6, 6.07) is 34.6. The molecule has 9 aromatic rings. The number of nitrogens with zero attached hydrogens (tertiary/aromatic N) is 2. The lowest BCUT2D eigenvalue weighted by atomic mass is 9.98. The first-order chi connectivity index (χ1) is 40.6. The van der Waals surface area contributed by atoms with Gasteiger partial charge < -0.3 is 31.1 Å². The molecule has 2 unspecified atom stereocenters. The van der Waals surface area contributed by atoms with Crippen molar-refractivity contribution in [1.82, 2.24) is 19.8 Å². The number of amides is 2. The highest BCUT2D eigenvalue weighted by molar-refractivity contribution is 7.12. The Labute approximate surface area is 506 Å². The Morgan fingerprint density at radius 3 is 1.38 bits per heavy atom. The van der Waals surface area contributed by atoms with Crippen LogP contribution >= 0.6 is 57.7 Å². The molecule has 0 aliphatic heterocycles. The number of carbonyl (C=O) groups is 10. The number of phenols is 2. The monoisotopic (exact) mass is 1240 g/mol. The van der Waals surface area contributed by atoms with Crippen molar-refractivity contribution in [3.8, 4) is 11.5 Å². The number of fused-ring (bicyclic) bond motifs is 2. The van der Waals surface area contributed by atoms with E-state index in [4.69, 9.17) is 46.4 Å². The Kier molecular flexibility index (Phi) is 20.0. The Balaban J connectivity index is 0.000000223. The van der Waals surface area contributed by atoms with E-state index in [0.29, 0.717) is 45.9 Å². The molecule has 0 radical (unpaired) electrons. The third-order valence-electron chi connectivity index (χ3n) is 13.3. The molecule has 0 bridgehead atoms. The third kappa shape index (κ3) is 14.8. The first kappa shape index (κ1) is 61.8. The molecule has 0 aliphatic carbocycles. The van der Waals surface area contributed by atoms with Gasteiger partial charge >= 0.3 is 11.9 Å². The lowest BCUT2D eigenvalue weighted by molar-refractivity contribution is -0.140. The van der Waals surface area contributed by atoms with Crippen LogP contribution in [0.1, 0.15) is 109 Å². The fourth-order valence-corrected chi connectivity index (χ4v) is 11.2. The maximum Gasteiger partial charge on any atom is 0.326 e. The van der Waals surface area contributed by atoms with E-state index < -0.39 is 66.2 Å². The van der Waals surface area contributed by atoms with Gasteiger partial charge in [-0.05, 0) is 108 Å². The molecule has 3 aromatic heterocycles. The summed E-state index contributed by atoms with van der Waals surface area (Å²) in [4.78, 5) is 128. The van der Waals surface area contributed by atoms with E-state index in [1.807, 2.05) is 0 Å². The van der Waals surface area contributed by atoms with Crippen molar-refractivity contribution in [2.75, 3.05) is 0 Å². The zero-order valence-corrected chi connectivity index (χ0v) is 47.9. The highest BCUT2D eigenvalue weighted by atomic mass is 35.5. The van der Waals surface area contributed by atoms with Gasteiger partial charge in [0, 0.05) is 47.6 Å². The van der Waals surface area contributed by atoms with Crippen LogP contribution < -0.4 is 10.6 Å². The Morgan fingerprint density at radius 2 is 0.941 bits per heavy atom. The van der Waals surface area contributed by atoms with Gasteiger partial charge in [-0.1, -0.05) is 113 Å². The predicted octanol–water partition coefficient (Wildman–Crippen LogP) is 11.6. The first-order valence-corrected chi connectivity index (χ1v) is 28.0. The van der Waals surface area contributed by atoms with Gasteiger partial charge in [-0.25, -0.2) is 9.59 Å². The second-order valence-corrected chi connectivity index (χ2v) is 21.6. The molecular weight excluding hydrogens is 1200 g/mol. The lowest BCUT2D eigenvalue weighted by Gasteiger charge is -2.16. The Hall–Kier alpha value is -9.24. The van der Waals surface area contributed by atoms with Crippen molar-refractivity contribution in [3.63, 3.8) is 0 Å². The van der Waals surface area contributed by atoms with Crippen LogP contribution in [0.2, 0.25) is 20.1 Å². The number of aromatic hydroxyl groups is 2. The highest BCUT2D eigenvalue weighted by Crippen LogP contribution is 2.32. The summed E-state index contributed by atoms with van der Waals surface area (Å²) >= 11 is 26.5. The normalized spacial score (nSPS) is 11.7. The standard InChI is InChI=1S/C33H24Cl2N2O7S.C29H22Cl2N2O7/c34-22-14-20(27(39)11-10-18-5-3-7-21(38)13-18)15-23(35)30(22)28(40)17-24(33(43)44)36-31(41)26-16-19-6-1-2-8-25(19)37(26)32(42)29-9-4-12-45-29;30-20-11-18(25(36)9-8-16-4-3-6-19(35)10-16)12-21(31)27(20)26(37)14-22(29(39)40)32-28(38)24-13-17-5-1-2-7-23(17)33(24)15-34/h1-9,12-16,24,38H,10-11,17H2,(H,36,41)(H,43,44);1-7,10-13,15,22,35H,8-9,14H2,(H,32,38)(H,39,40). The molecule has 23 heteroatoms. The van der Waals surface area contributed by atoms with Crippen molar-refractivity contribution in [2.24, 2.45) is 0 Å². The fraction of sp³-hybridized carbons (Fsp3) is 0.129. The molecule has 0 fully saturated rings. The maximum atomic E-state index is 13.4. The van der Waals surface area contributed by atoms with Crippen molar-refractivity contribution in [3.05, 3.63) is 221 Å². The Bertz CT molecular complexity index is 4110. The first-order valence-electron chi connectivity index (χ1n) is 25.6. The number of Topliss-reactive ketones (excluding diaryl/α,β-unsaturated/α-hetero) is 4. The van der Waals surface area contributed by atoms with E-state index in [-0.39, 0.29) is 89.6 Å². The number of ketones is 4. The van der Waals surface area contributed by atoms with E-state index in [1.165, 1.54) is 64.4 Å². The average molecular weight is 1240 g/mol. The minimum atomic E-state index is -1.69. The maximum absolute atomic E-state index is 13.4. The molecule has 6 aromatic carbocycles. The molecular formula is C62H46Cl4N4O14S. The number of carbonyl (C=O) groups excluding carboxylic acids is 8. The van der Waals surface area contributed by atoms with Crippen molar-refractivity contribution in [1.29, 1.82) is 0 Å². The number of thiophene rings is 1. The third-order valence-corrected chi connectivity index (χ3v) is 15.4. The van der Waals surface area contributed by atoms with Crippen LogP contribution in [0.5, 0.6) is 11.5 Å². The van der Waals surface area contributed by atoms with Gasteiger partial charge in [0.25, 0.3) is 17.7 Å². The van der Waals surface area contributed by atoms with Gasteiger partial charge in [-0.3, -0.25) is 47.5 Å². The Morgan fingerprint density at radius 1 is 0.506 bits per heavy atom. The molecule has 0 spiro atoms. The van der Waals surface area contributed by atoms with E-state index in [1.54, 1.807) is 102 Å². The number of hydrogen-bond donors (Lipinski definition) is 6. The summed E-state index contributed by atoms with van der Waals surface area (Å²) in [6.45, 7) is 0. The summed E-state index contributed by atoms with van der Waals surface area (Å²) in [5.74, 6) is -7.15. The second kappa shape index (κ2) is 27.4. The van der Waals surface area contributed by atoms with Gasteiger partial charge in [0.05, 0.1) is 47.1 Å². The summed E-state index contributed by atoms with van der Waals surface area (Å²) in [6.07, 6.45) is -0.0786. The van der Waals surface area contributed by atoms with Gasteiger partial charge in [0.2, 0.25) is 6.41 Å². The van der Waals surface area contributed by atoms with Crippen LogP contribution in [0.15, 0.2) is 151 Å². The number of aliphatic carboxylic acids is 2. The highest BCUT2D eigenvalue weighted by Gasteiger charge is 2.32. The van der Waals surface area contributed by atoms with Crippen LogP contribution in [-0.2, 0) is 27.2 Å². The van der Waals surface area contributed by atoms with Crippen LogP contribution in [-0.4, -0.2) is 101 Å². The van der Waals surface area contributed by atoms with Crippen LogP contribution in [0.25, 0.3) is 21.8 Å². The number of rotatable bonds is 22. The number of halogens is 4. The zero-order chi connectivity index (χ0) is 61.2. The molecule has 9 rings (SSSR count). The molecule has 2 amide bonds. The number of benzene rings is 6. The molecule has 6 N–H and O–H groups in total. The quantitative estimate of drug-likeness (QED) is 0.0272. The number of phenolic OH excluding ortho intramolecular Hbond substituents is 2. The molecule has 0 aliphatic rings. The molecule has 18 nitrogen and oxygen atoms in total. The number of hydrogen-bond acceptors (Lipinski definition) is 13. The molecule has 432 valence electrons. The van der Waals surface area contributed by atoms with Crippen LogP contribution in [0.3, 0.4) is 0 Å². The molecule has 0 saturated heterocycles. The molecule has 0 saturated carbocycles. The van der Waals surface area contributed by atoms with Gasteiger partial charge in [-0.15, -0.1) is 11.3 Å². The van der Waals surface area contributed by atoms with E-state index in [9.17, 15) is 68.4 Å². The number of carboxylic acid groups (broad SMARTS) is 2. The van der Waals surface area contributed by atoms with E-state index in [2.05, 4.69) is 10.6 Å². The van der Waals surface area contributed by atoms with Gasteiger partial charge in [0.15, 0.2) is 23.1 Å². The van der Waals surface area contributed by atoms with Crippen molar-refractivity contribution >= 4 is 139 Å². The number of carboxylic acids is 2. The summed E-state index contributed by atoms with van der Waals surface area (Å²) in [5, 5.41) is 45.7. The topological polar surface area (TPSA) is 286 Å². The summed E-state index contributed by atoms with van der Waals surface area (Å²) in [7, 11) is 0. The summed E-state index contributed by atoms with van der Waals surface area (Å²) in [5.41, 5.74) is 2.18. The molecule has 85 heavy (non-hydrogen) atoms. The largest absolute Gasteiger partial charge is 0.508 e. The number of nitrogens with one attached hydrogen (secondary N) is 2. The smallest absolute Gasteiger partial charge is 0.326 e. The van der Waals surface area contributed by atoms with Crippen molar-refractivity contribution < 1.29 is 68.4 Å². The lowest BCUT2D eigenvalue weighted by Crippen LogP contribution is -2.43. The van der Waals surface area contributed by atoms with Crippen LogP contribution in [0.4, 0.5) is 0 Å². The predicted molar refractivity (Wildman–Crippen MR) is 320 cm³/mol. The van der Waals surface area contributed by atoms with Crippen LogP contribution in [0, 0.1) is 0 Å². The average Bonchev–Trinajstić information content (AvgIpc) is 2.52. The van der Waals surface area contributed by atoms with Crippen molar-refractivity contribution in [2.45, 2.75) is 50.6 Å². The number of aryl methyl sites for hydroxylation is 2. The van der Waals surface area contributed by atoms with Gasteiger partial charge in [0.1, 0.15) is 35.0 Å². The van der Waals surface area contributed by atoms with E-state index in [0.717, 1.165) is 15.7 Å². The summed E-state index contributed by atoms with van der Waals surface area (Å²) < 4.78 is 2.29.